The molecule has 3 nitrogen and oxygen atoms in total. The number of aryl methyl sites for hydroxylation is 2. The second-order valence-corrected chi connectivity index (χ2v) is 7.03. The summed E-state index contributed by atoms with van der Waals surface area (Å²) in [7, 11) is 0. The van der Waals surface area contributed by atoms with Crippen molar-refractivity contribution in [3.8, 4) is 0 Å². The van der Waals surface area contributed by atoms with Crippen LogP contribution in [0.1, 0.15) is 45.5 Å². The lowest BCUT2D eigenvalue weighted by Gasteiger charge is -2.15. The number of aromatic nitrogens is 2. The summed E-state index contributed by atoms with van der Waals surface area (Å²) in [5, 5.41) is 8.17. The molecule has 0 aliphatic carbocycles. The van der Waals surface area contributed by atoms with E-state index in [0.717, 1.165) is 31.6 Å². The first-order chi connectivity index (χ1) is 8.49. The van der Waals surface area contributed by atoms with E-state index < -0.39 is 0 Å². The van der Waals surface area contributed by atoms with Crippen LogP contribution in [0.4, 0.5) is 0 Å². The number of alkyl halides is 1. The van der Waals surface area contributed by atoms with Crippen LogP contribution in [-0.4, -0.2) is 20.6 Å². The number of halogens is 2. The number of nitrogens with zero attached hydrogens (tertiary/aromatic N) is 2. The fraction of sp³-hybridized carbons (Fsp3) is 0.769. The van der Waals surface area contributed by atoms with Crippen molar-refractivity contribution in [1.82, 2.24) is 15.1 Å². The summed E-state index contributed by atoms with van der Waals surface area (Å²) in [6.45, 7) is 10.4. The molecule has 1 rings (SSSR count). The molecule has 2 atom stereocenters. The SMILES string of the molecule is CCc1nn(CC)c(CNC(C)CC(C)Br)c1Br. The van der Waals surface area contributed by atoms with Crippen LogP contribution in [0, 0.1) is 0 Å². The summed E-state index contributed by atoms with van der Waals surface area (Å²) in [6.07, 6.45) is 2.09. The standard InChI is InChI=1S/C13H23Br2N3/c1-5-11-13(15)12(18(6-2)17-11)8-16-10(4)7-9(3)14/h9-10,16H,5-8H2,1-4H3. The number of hydrogen-bond acceptors (Lipinski definition) is 2. The van der Waals surface area contributed by atoms with E-state index in [0.29, 0.717) is 10.9 Å². The van der Waals surface area contributed by atoms with Crippen molar-refractivity contribution < 1.29 is 0 Å². The van der Waals surface area contributed by atoms with Crippen LogP contribution < -0.4 is 5.32 Å². The second kappa shape index (κ2) is 7.65. The molecular weight excluding hydrogens is 358 g/mol. The minimum absolute atomic E-state index is 0.497. The summed E-state index contributed by atoms with van der Waals surface area (Å²) in [4.78, 5) is 0.547. The highest BCUT2D eigenvalue weighted by atomic mass is 79.9. The number of nitrogens with one attached hydrogen (secondary N) is 1. The Kier molecular flexibility index (Phi) is 6.88. The summed E-state index contributed by atoms with van der Waals surface area (Å²) in [6, 6.07) is 0.497. The van der Waals surface area contributed by atoms with Crippen molar-refractivity contribution in [3.63, 3.8) is 0 Å². The van der Waals surface area contributed by atoms with Gasteiger partial charge < -0.3 is 5.32 Å². The molecule has 0 aliphatic heterocycles. The van der Waals surface area contributed by atoms with Crippen LogP contribution in [0.25, 0.3) is 0 Å². The van der Waals surface area contributed by atoms with Crippen LogP contribution in [0.3, 0.4) is 0 Å². The van der Waals surface area contributed by atoms with Gasteiger partial charge in [0.2, 0.25) is 0 Å². The first kappa shape index (κ1) is 16.2. The Morgan fingerprint density at radius 2 is 2.00 bits per heavy atom. The highest BCUT2D eigenvalue weighted by molar-refractivity contribution is 9.10. The molecule has 0 aromatic carbocycles. The molecule has 18 heavy (non-hydrogen) atoms. The molecule has 1 aromatic rings. The van der Waals surface area contributed by atoms with E-state index in [1.807, 2.05) is 0 Å². The molecule has 1 N–H and O–H groups in total. The molecule has 1 aromatic heterocycles. The van der Waals surface area contributed by atoms with Gasteiger partial charge in [-0.1, -0.05) is 29.8 Å². The molecule has 0 aliphatic rings. The number of hydrogen-bond donors (Lipinski definition) is 1. The van der Waals surface area contributed by atoms with E-state index in [2.05, 4.69) is 74.7 Å². The predicted molar refractivity (Wildman–Crippen MR) is 84.3 cm³/mol. The molecule has 2 unspecified atom stereocenters. The van der Waals surface area contributed by atoms with Crippen LogP contribution in [-0.2, 0) is 19.5 Å². The zero-order chi connectivity index (χ0) is 13.7. The van der Waals surface area contributed by atoms with Gasteiger partial charge in [-0.25, -0.2) is 0 Å². The average molecular weight is 381 g/mol. The zero-order valence-electron chi connectivity index (χ0n) is 11.6. The Morgan fingerprint density at radius 1 is 1.33 bits per heavy atom. The maximum Gasteiger partial charge on any atom is 0.0767 e. The third kappa shape index (κ3) is 4.35. The van der Waals surface area contributed by atoms with Crippen molar-refractivity contribution in [1.29, 1.82) is 0 Å². The van der Waals surface area contributed by atoms with Gasteiger partial charge in [0, 0.05) is 24.0 Å². The van der Waals surface area contributed by atoms with Crippen LogP contribution in [0.5, 0.6) is 0 Å². The lowest BCUT2D eigenvalue weighted by atomic mass is 10.2. The quantitative estimate of drug-likeness (QED) is 0.727. The maximum atomic E-state index is 4.61. The van der Waals surface area contributed by atoms with Gasteiger partial charge in [0.1, 0.15) is 0 Å². The van der Waals surface area contributed by atoms with E-state index in [1.54, 1.807) is 0 Å². The van der Waals surface area contributed by atoms with Gasteiger partial charge in [0.25, 0.3) is 0 Å². The summed E-state index contributed by atoms with van der Waals surface area (Å²) < 4.78 is 3.25. The minimum Gasteiger partial charge on any atom is -0.309 e. The Morgan fingerprint density at radius 3 is 2.50 bits per heavy atom. The Hall–Kier alpha value is 0.130. The van der Waals surface area contributed by atoms with Gasteiger partial charge >= 0.3 is 0 Å². The summed E-state index contributed by atoms with van der Waals surface area (Å²) >= 11 is 7.26. The monoisotopic (exact) mass is 379 g/mol. The molecule has 1 heterocycles. The van der Waals surface area contributed by atoms with Gasteiger partial charge in [0.15, 0.2) is 0 Å². The first-order valence-corrected chi connectivity index (χ1v) is 8.31. The molecule has 0 amide bonds. The highest BCUT2D eigenvalue weighted by Crippen LogP contribution is 2.22. The largest absolute Gasteiger partial charge is 0.309 e. The van der Waals surface area contributed by atoms with E-state index in [4.69, 9.17) is 0 Å². The average Bonchev–Trinajstić information content (AvgIpc) is 2.62. The van der Waals surface area contributed by atoms with Gasteiger partial charge in [-0.3, -0.25) is 4.68 Å². The van der Waals surface area contributed by atoms with Crippen LogP contribution in [0.15, 0.2) is 4.47 Å². The first-order valence-electron chi connectivity index (χ1n) is 6.61. The van der Waals surface area contributed by atoms with E-state index in [-0.39, 0.29) is 0 Å². The van der Waals surface area contributed by atoms with Gasteiger partial charge in [0.05, 0.1) is 15.9 Å². The fourth-order valence-corrected chi connectivity index (χ4v) is 3.29. The van der Waals surface area contributed by atoms with Gasteiger partial charge in [-0.15, -0.1) is 0 Å². The normalized spacial score (nSPS) is 14.8. The van der Waals surface area contributed by atoms with Crippen molar-refractivity contribution >= 4 is 31.9 Å². The highest BCUT2D eigenvalue weighted by Gasteiger charge is 2.14. The third-order valence-corrected chi connectivity index (χ3v) is 4.28. The molecule has 0 saturated heterocycles. The Labute approximate surface area is 127 Å². The van der Waals surface area contributed by atoms with Crippen molar-refractivity contribution in [2.75, 3.05) is 0 Å². The second-order valence-electron chi connectivity index (χ2n) is 4.68. The Balaban J connectivity index is 2.69. The third-order valence-electron chi connectivity index (χ3n) is 2.99. The van der Waals surface area contributed by atoms with Gasteiger partial charge in [-0.05, 0) is 42.6 Å². The van der Waals surface area contributed by atoms with E-state index in [9.17, 15) is 0 Å². The van der Waals surface area contributed by atoms with Crippen LogP contribution in [0.2, 0.25) is 0 Å². The minimum atomic E-state index is 0.497. The topological polar surface area (TPSA) is 29.9 Å². The number of rotatable bonds is 7. The summed E-state index contributed by atoms with van der Waals surface area (Å²) in [5.41, 5.74) is 2.40. The van der Waals surface area contributed by atoms with Crippen molar-refractivity contribution in [3.05, 3.63) is 15.9 Å². The fourth-order valence-electron chi connectivity index (χ4n) is 2.03. The van der Waals surface area contributed by atoms with Gasteiger partial charge in [-0.2, -0.15) is 5.10 Å². The van der Waals surface area contributed by atoms with E-state index >= 15 is 0 Å². The van der Waals surface area contributed by atoms with E-state index in [1.165, 1.54) is 10.2 Å². The molecule has 5 heteroatoms. The molecule has 0 radical (unpaired) electrons. The molecule has 0 fully saturated rings. The smallest absolute Gasteiger partial charge is 0.0767 e. The molecular formula is C13H23Br2N3. The maximum absolute atomic E-state index is 4.61. The summed E-state index contributed by atoms with van der Waals surface area (Å²) in [5.74, 6) is 0. The van der Waals surface area contributed by atoms with Crippen molar-refractivity contribution in [2.24, 2.45) is 0 Å². The Bertz CT molecular complexity index is 375. The van der Waals surface area contributed by atoms with Crippen molar-refractivity contribution in [2.45, 2.75) is 64.5 Å². The molecule has 104 valence electrons. The zero-order valence-corrected chi connectivity index (χ0v) is 14.8. The molecule has 0 bridgehead atoms. The molecule has 0 spiro atoms. The lowest BCUT2D eigenvalue weighted by Crippen LogP contribution is -2.28. The lowest BCUT2D eigenvalue weighted by molar-refractivity contribution is 0.492. The molecule has 0 saturated carbocycles. The van der Waals surface area contributed by atoms with Crippen LogP contribution >= 0.6 is 31.9 Å². The predicted octanol–water partition coefficient (Wildman–Crippen LogP) is 3.88.